The fourth-order valence-electron chi connectivity index (χ4n) is 1.95. The van der Waals surface area contributed by atoms with Crippen molar-refractivity contribution >= 4 is 24.6 Å². The lowest BCUT2D eigenvalue weighted by atomic mass is 10.2. The maximum atomic E-state index is 11.6. The van der Waals surface area contributed by atoms with Gasteiger partial charge in [0.05, 0.1) is 12.8 Å². The van der Waals surface area contributed by atoms with Crippen LogP contribution in [0.15, 0.2) is 11.0 Å². The van der Waals surface area contributed by atoms with Crippen LogP contribution in [-0.2, 0) is 11.1 Å². The summed E-state index contributed by atoms with van der Waals surface area (Å²) in [5, 5.41) is 11.9. The van der Waals surface area contributed by atoms with E-state index >= 15 is 0 Å². The van der Waals surface area contributed by atoms with Crippen LogP contribution in [0.1, 0.15) is 5.56 Å². The van der Waals surface area contributed by atoms with E-state index in [2.05, 4.69) is 20.3 Å². The van der Waals surface area contributed by atoms with Crippen LogP contribution < -0.4 is 16.6 Å². The van der Waals surface area contributed by atoms with Gasteiger partial charge in [-0.05, 0) is 0 Å². The molecule has 2 aromatic rings. The van der Waals surface area contributed by atoms with Gasteiger partial charge in [0, 0.05) is 24.3 Å². The quantitative estimate of drug-likeness (QED) is 0.313. The summed E-state index contributed by atoms with van der Waals surface area (Å²) in [6, 6.07) is -0.768. The van der Waals surface area contributed by atoms with E-state index in [1.54, 1.807) is 6.20 Å². The molecule has 0 saturated carbocycles. The Bertz CT molecular complexity index is 735. The number of rotatable bonds is 6. The molecule has 116 valence electrons. The summed E-state index contributed by atoms with van der Waals surface area (Å²) in [4.78, 5) is 38.5. The smallest absolute Gasteiger partial charge is 0.327 e. The normalized spacial score (nSPS) is 13.7. The minimum Gasteiger partial charge on any atom is -0.395 e. The van der Waals surface area contributed by atoms with E-state index < -0.39 is 32.0 Å². The largest absolute Gasteiger partial charge is 0.395 e. The van der Waals surface area contributed by atoms with Crippen LogP contribution in [0.2, 0.25) is 0 Å². The van der Waals surface area contributed by atoms with Crippen molar-refractivity contribution in [2.75, 3.05) is 18.5 Å². The number of aromatic nitrogens is 3. The standard InChI is InChI=1S/C10H16N5O5P/c11-10-14-7-5(2-13-8(7)9(17)15-10)1-12-6(3-16)4-21(18,19)20/h2,6,12-13,16H,1,3-4H2,(H2,18,19,20)(H3,11,14,15,17)/t6-/m1/s1. The van der Waals surface area contributed by atoms with Gasteiger partial charge in [0.15, 0.2) is 0 Å². The van der Waals surface area contributed by atoms with Gasteiger partial charge < -0.3 is 30.9 Å². The van der Waals surface area contributed by atoms with Crippen molar-refractivity contribution in [3.05, 3.63) is 22.1 Å². The van der Waals surface area contributed by atoms with E-state index in [1.165, 1.54) is 0 Å². The highest BCUT2D eigenvalue weighted by atomic mass is 31.2. The molecule has 8 N–H and O–H groups in total. The van der Waals surface area contributed by atoms with Crippen LogP contribution in [0.25, 0.3) is 11.0 Å². The SMILES string of the molecule is Nc1nc2c(CN[C@H](CO)CP(=O)(O)O)c[nH]c2c(=O)[nH]1. The van der Waals surface area contributed by atoms with E-state index in [-0.39, 0.29) is 18.0 Å². The van der Waals surface area contributed by atoms with Gasteiger partial charge in [0.2, 0.25) is 5.95 Å². The summed E-state index contributed by atoms with van der Waals surface area (Å²) in [5.41, 5.74) is 6.31. The molecule has 1 atom stereocenters. The lowest BCUT2D eigenvalue weighted by Gasteiger charge is -2.16. The summed E-state index contributed by atoms with van der Waals surface area (Å²) < 4.78 is 10.9. The van der Waals surface area contributed by atoms with Crippen LogP contribution in [0, 0.1) is 0 Å². The Balaban J connectivity index is 2.17. The lowest BCUT2D eigenvalue weighted by Crippen LogP contribution is -2.35. The molecular weight excluding hydrogens is 301 g/mol. The molecule has 0 fully saturated rings. The Labute approximate surface area is 118 Å². The molecule has 0 aliphatic heterocycles. The predicted molar refractivity (Wildman–Crippen MR) is 75.8 cm³/mol. The Hall–Kier alpha value is -1.71. The van der Waals surface area contributed by atoms with Crippen molar-refractivity contribution in [3.63, 3.8) is 0 Å². The van der Waals surface area contributed by atoms with Crippen molar-refractivity contribution in [3.8, 4) is 0 Å². The Morgan fingerprint density at radius 1 is 1.48 bits per heavy atom. The molecule has 2 heterocycles. The summed E-state index contributed by atoms with van der Waals surface area (Å²) in [6.45, 7) is -0.259. The highest BCUT2D eigenvalue weighted by molar-refractivity contribution is 7.51. The van der Waals surface area contributed by atoms with Gasteiger partial charge in [-0.2, -0.15) is 0 Å². The predicted octanol–water partition coefficient (Wildman–Crippen LogP) is -1.54. The third kappa shape index (κ3) is 3.90. The fourth-order valence-corrected chi connectivity index (χ4v) is 2.77. The van der Waals surface area contributed by atoms with E-state index in [0.717, 1.165) is 0 Å². The molecule has 2 rings (SSSR count). The van der Waals surface area contributed by atoms with Gasteiger partial charge in [-0.25, -0.2) is 4.98 Å². The molecule has 0 bridgehead atoms. The van der Waals surface area contributed by atoms with Crippen LogP contribution in [0.5, 0.6) is 0 Å². The Kier molecular flexibility index (Phi) is 4.45. The molecule has 0 saturated heterocycles. The number of aliphatic hydroxyl groups is 1. The van der Waals surface area contributed by atoms with Gasteiger partial charge in [-0.3, -0.25) is 14.3 Å². The molecule has 21 heavy (non-hydrogen) atoms. The molecule has 10 nitrogen and oxygen atoms in total. The van der Waals surface area contributed by atoms with Crippen LogP contribution in [0.4, 0.5) is 5.95 Å². The monoisotopic (exact) mass is 317 g/mol. The number of nitrogens with zero attached hydrogens (tertiary/aromatic N) is 1. The molecule has 0 spiro atoms. The number of nitrogens with two attached hydrogens (primary N) is 1. The van der Waals surface area contributed by atoms with Crippen molar-refractivity contribution in [2.24, 2.45) is 0 Å². The number of anilines is 1. The maximum Gasteiger partial charge on any atom is 0.327 e. The summed E-state index contributed by atoms with van der Waals surface area (Å²) in [6.07, 6.45) is 1.06. The molecule has 0 aliphatic rings. The van der Waals surface area contributed by atoms with Gasteiger partial charge in [0.25, 0.3) is 5.56 Å². The first-order valence-corrected chi connectivity index (χ1v) is 7.84. The van der Waals surface area contributed by atoms with E-state index in [4.69, 9.17) is 20.6 Å². The van der Waals surface area contributed by atoms with Crippen molar-refractivity contribution in [2.45, 2.75) is 12.6 Å². The molecule has 11 heteroatoms. The second-order valence-electron chi connectivity index (χ2n) is 4.60. The van der Waals surface area contributed by atoms with Crippen LogP contribution >= 0.6 is 7.60 Å². The zero-order valence-electron chi connectivity index (χ0n) is 10.9. The van der Waals surface area contributed by atoms with Crippen molar-refractivity contribution in [1.29, 1.82) is 0 Å². The Morgan fingerprint density at radius 3 is 2.81 bits per heavy atom. The summed E-state index contributed by atoms with van der Waals surface area (Å²) in [5.74, 6) is -0.0257. The number of aliphatic hydroxyl groups excluding tert-OH is 1. The molecule has 0 unspecified atom stereocenters. The number of fused-ring (bicyclic) bond motifs is 1. The van der Waals surface area contributed by atoms with E-state index in [9.17, 15) is 9.36 Å². The highest BCUT2D eigenvalue weighted by Gasteiger charge is 2.21. The fraction of sp³-hybridized carbons (Fsp3) is 0.400. The highest BCUT2D eigenvalue weighted by Crippen LogP contribution is 2.34. The average Bonchev–Trinajstić information content (AvgIpc) is 2.76. The minimum atomic E-state index is -4.23. The van der Waals surface area contributed by atoms with Gasteiger partial charge >= 0.3 is 7.60 Å². The van der Waals surface area contributed by atoms with Gasteiger partial charge in [-0.1, -0.05) is 0 Å². The molecule has 0 aliphatic carbocycles. The lowest BCUT2D eigenvalue weighted by molar-refractivity contribution is 0.245. The van der Waals surface area contributed by atoms with Crippen molar-refractivity contribution in [1.82, 2.24) is 20.3 Å². The number of H-pyrrole nitrogens is 2. The number of nitrogens with one attached hydrogen (secondary N) is 3. The van der Waals surface area contributed by atoms with E-state index in [1.807, 2.05) is 0 Å². The van der Waals surface area contributed by atoms with Crippen molar-refractivity contribution < 1.29 is 19.5 Å². The minimum absolute atomic E-state index is 0.0257. The number of hydrogen-bond donors (Lipinski definition) is 7. The second kappa shape index (κ2) is 5.96. The topological polar surface area (TPSA) is 177 Å². The second-order valence-corrected chi connectivity index (χ2v) is 6.29. The number of nitrogen functional groups attached to an aromatic ring is 1. The van der Waals surface area contributed by atoms with E-state index in [0.29, 0.717) is 11.1 Å². The number of hydrogen-bond acceptors (Lipinski definition) is 6. The number of aromatic amines is 2. The van der Waals surface area contributed by atoms with Gasteiger partial charge in [0.1, 0.15) is 11.0 Å². The first-order valence-electron chi connectivity index (χ1n) is 6.04. The van der Waals surface area contributed by atoms with Crippen LogP contribution in [-0.4, -0.2) is 48.7 Å². The third-order valence-corrected chi connectivity index (χ3v) is 3.81. The summed E-state index contributed by atoms with van der Waals surface area (Å²) in [7, 11) is -4.23. The molecule has 0 amide bonds. The zero-order valence-corrected chi connectivity index (χ0v) is 11.8. The van der Waals surface area contributed by atoms with Gasteiger partial charge in [-0.15, -0.1) is 0 Å². The zero-order chi connectivity index (χ0) is 15.6. The first kappa shape index (κ1) is 15.7. The van der Waals surface area contributed by atoms with Crippen LogP contribution in [0.3, 0.4) is 0 Å². The third-order valence-electron chi connectivity index (χ3n) is 2.89. The maximum absolute atomic E-state index is 11.6. The molecular formula is C10H16N5O5P. The molecule has 0 aromatic carbocycles. The average molecular weight is 317 g/mol. The molecule has 2 aromatic heterocycles. The molecule has 0 radical (unpaired) electrons. The Morgan fingerprint density at radius 2 is 2.19 bits per heavy atom. The first-order chi connectivity index (χ1) is 9.80. The summed E-state index contributed by atoms with van der Waals surface area (Å²) >= 11 is 0.